The van der Waals surface area contributed by atoms with Gasteiger partial charge in [0.05, 0.1) is 12.2 Å². The number of esters is 1. The molecule has 3 fully saturated rings. The molecular formula is C40H55ClN4O4. The van der Waals surface area contributed by atoms with Gasteiger partial charge < -0.3 is 24.2 Å². The van der Waals surface area contributed by atoms with Crippen LogP contribution in [0.1, 0.15) is 82.6 Å². The Morgan fingerprint density at radius 2 is 1.51 bits per heavy atom. The van der Waals surface area contributed by atoms with Crippen molar-refractivity contribution in [3.05, 3.63) is 70.3 Å². The fourth-order valence-electron chi connectivity index (χ4n) is 8.32. The minimum absolute atomic E-state index is 0.169. The molecule has 2 aromatic rings. The van der Waals surface area contributed by atoms with E-state index in [9.17, 15) is 9.59 Å². The molecule has 0 aromatic heterocycles. The molecule has 6 rings (SSSR count). The first kappa shape index (κ1) is 35.7. The predicted molar refractivity (Wildman–Crippen MR) is 197 cm³/mol. The largest absolute Gasteiger partial charge is 0.462 e. The van der Waals surface area contributed by atoms with Crippen molar-refractivity contribution < 1.29 is 19.1 Å². The summed E-state index contributed by atoms with van der Waals surface area (Å²) in [5, 5.41) is 0.779. The molecule has 2 aromatic carbocycles. The van der Waals surface area contributed by atoms with Gasteiger partial charge >= 0.3 is 12.1 Å². The van der Waals surface area contributed by atoms with Gasteiger partial charge in [0.2, 0.25) is 0 Å². The van der Waals surface area contributed by atoms with Crippen molar-refractivity contribution in [2.75, 3.05) is 77.0 Å². The van der Waals surface area contributed by atoms with Crippen molar-refractivity contribution in [3.8, 4) is 0 Å². The van der Waals surface area contributed by atoms with Gasteiger partial charge in [-0.2, -0.15) is 0 Å². The number of rotatable bonds is 8. The van der Waals surface area contributed by atoms with Crippen LogP contribution in [-0.4, -0.2) is 104 Å². The number of halogens is 1. The lowest BCUT2D eigenvalue weighted by Crippen LogP contribution is -2.62. The summed E-state index contributed by atoms with van der Waals surface area (Å²) in [5.41, 5.74) is 6.17. The smallest absolute Gasteiger partial charge is 0.410 e. The lowest BCUT2D eigenvalue weighted by molar-refractivity contribution is -0.0628. The average Bonchev–Trinajstić information content (AvgIpc) is 3.04. The van der Waals surface area contributed by atoms with Crippen molar-refractivity contribution in [2.45, 2.75) is 72.3 Å². The molecule has 1 spiro atoms. The van der Waals surface area contributed by atoms with E-state index in [-0.39, 0.29) is 22.9 Å². The van der Waals surface area contributed by atoms with Crippen LogP contribution < -0.4 is 4.90 Å². The third-order valence-corrected chi connectivity index (χ3v) is 11.2. The van der Waals surface area contributed by atoms with Crippen molar-refractivity contribution in [1.82, 2.24) is 14.7 Å². The third-order valence-electron chi connectivity index (χ3n) is 11.0. The second-order valence-electron chi connectivity index (χ2n) is 16.2. The Labute approximate surface area is 298 Å². The first-order chi connectivity index (χ1) is 23.3. The number of piperidine rings is 1. The maximum Gasteiger partial charge on any atom is 0.410 e. The van der Waals surface area contributed by atoms with E-state index in [1.165, 1.54) is 17.6 Å². The van der Waals surface area contributed by atoms with Crippen LogP contribution in [0.2, 0.25) is 5.02 Å². The molecule has 3 aliphatic heterocycles. The summed E-state index contributed by atoms with van der Waals surface area (Å²) in [6, 6.07) is 16.3. The Hall–Kier alpha value is -3.07. The second kappa shape index (κ2) is 14.7. The number of anilines is 1. The third kappa shape index (κ3) is 8.81. The molecule has 1 atom stereocenters. The van der Waals surface area contributed by atoms with Gasteiger partial charge in [-0.15, -0.1) is 0 Å². The zero-order valence-electron chi connectivity index (χ0n) is 30.2. The number of piperazine rings is 1. The number of carbonyl (C=O) groups is 2. The van der Waals surface area contributed by atoms with Gasteiger partial charge in [0, 0.05) is 68.5 Å². The first-order valence-corrected chi connectivity index (χ1v) is 18.6. The molecule has 0 radical (unpaired) electrons. The van der Waals surface area contributed by atoms with E-state index < -0.39 is 5.60 Å². The maximum atomic E-state index is 12.5. The van der Waals surface area contributed by atoms with Crippen molar-refractivity contribution in [3.63, 3.8) is 0 Å². The Balaban J connectivity index is 1.06. The fourth-order valence-corrected chi connectivity index (χ4v) is 8.44. The van der Waals surface area contributed by atoms with Gasteiger partial charge in [0.15, 0.2) is 0 Å². The van der Waals surface area contributed by atoms with Gasteiger partial charge in [-0.25, -0.2) is 9.59 Å². The van der Waals surface area contributed by atoms with Gasteiger partial charge in [-0.1, -0.05) is 36.2 Å². The molecule has 1 aliphatic carbocycles. The van der Waals surface area contributed by atoms with Crippen molar-refractivity contribution >= 4 is 34.9 Å². The maximum absolute atomic E-state index is 12.5. The normalized spacial score (nSPS) is 23.4. The molecule has 8 nitrogen and oxygen atoms in total. The summed E-state index contributed by atoms with van der Waals surface area (Å²) in [6.07, 6.45) is 5.50. The SMILES string of the molecule is CCOC(=O)c1ccc(N2CCN(CC3=C(c4ccc(Cl)cc4)CCC(C)(CN4CCC5(CC4)CN(C(=O)OC(C)(C)C)C5)C3)CC2)cc1. The van der Waals surface area contributed by atoms with Crippen LogP contribution in [0.4, 0.5) is 10.5 Å². The zero-order valence-corrected chi connectivity index (χ0v) is 31.0. The summed E-state index contributed by atoms with van der Waals surface area (Å²) in [4.78, 5) is 34.3. The topological polar surface area (TPSA) is 65.6 Å². The Morgan fingerprint density at radius 3 is 2.12 bits per heavy atom. The Bertz CT molecular complexity index is 1490. The van der Waals surface area contributed by atoms with Gasteiger partial charge in [0.25, 0.3) is 0 Å². The standard InChI is InChI=1S/C40H55ClN4O4/c1-6-48-36(46)31-9-13-34(14-10-31)44-23-21-42(22-24-44)26-32-25-39(5,16-15-35(32)30-7-11-33(41)12-8-30)27-43-19-17-40(18-20-43)28-45(29-40)37(47)49-38(2,3)4/h7-14H,6,15-29H2,1-5H3. The average molecular weight is 691 g/mol. The molecular weight excluding hydrogens is 636 g/mol. The van der Waals surface area contributed by atoms with E-state index in [1.54, 1.807) is 5.57 Å². The molecule has 0 saturated carbocycles. The highest BCUT2D eigenvalue weighted by atomic mass is 35.5. The van der Waals surface area contributed by atoms with Crippen LogP contribution in [-0.2, 0) is 9.47 Å². The molecule has 3 saturated heterocycles. The highest BCUT2D eigenvalue weighted by molar-refractivity contribution is 6.30. The summed E-state index contributed by atoms with van der Waals surface area (Å²) in [7, 11) is 0. The Morgan fingerprint density at radius 1 is 0.857 bits per heavy atom. The van der Waals surface area contributed by atoms with Crippen LogP contribution in [0.5, 0.6) is 0 Å². The minimum atomic E-state index is -0.450. The van der Waals surface area contributed by atoms with E-state index in [0.717, 1.165) is 102 Å². The molecule has 49 heavy (non-hydrogen) atoms. The molecule has 3 heterocycles. The monoisotopic (exact) mass is 690 g/mol. The number of nitrogens with zero attached hydrogens (tertiary/aromatic N) is 4. The lowest BCUT2D eigenvalue weighted by Gasteiger charge is -2.54. The highest BCUT2D eigenvalue weighted by Crippen LogP contribution is 2.46. The molecule has 0 bridgehead atoms. The number of hydrogen-bond donors (Lipinski definition) is 0. The zero-order chi connectivity index (χ0) is 34.8. The molecule has 1 unspecified atom stereocenters. The molecule has 1 amide bonds. The van der Waals surface area contributed by atoms with Crippen LogP contribution in [0.15, 0.2) is 54.1 Å². The van der Waals surface area contributed by atoms with E-state index in [4.69, 9.17) is 21.1 Å². The number of allylic oxidation sites excluding steroid dienone is 1. The summed E-state index contributed by atoms with van der Waals surface area (Å²) in [6.45, 7) is 20.4. The van der Waals surface area contributed by atoms with E-state index in [2.05, 4.69) is 33.8 Å². The number of likely N-dealkylation sites (tertiary alicyclic amines) is 2. The van der Waals surface area contributed by atoms with Crippen LogP contribution in [0, 0.1) is 10.8 Å². The van der Waals surface area contributed by atoms with Crippen LogP contribution in [0.3, 0.4) is 0 Å². The highest BCUT2D eigenvalue weighted by Gasteiger charge is 2.48. The number of hydrogen-bond acceptors (Lipinski definition) is 7. The number of ether oxygens (including phenoxy) is 2. The fraction of sp³-hybridized carbons (Fsp3) is 0.600. The van der Waals surface area contributed by atoms with Gasteiger partial charge in [0.1, 0.15) is 5.60 Å². The minimum Gasteiger partial charge on any atom is -0.462 e. The van der Waals surface area contributed by atoms with Gasteiger partial charge in [-0.3, -0.25) is 4.90 Å². The first-order valence-electron chi connectivity index (χ1n) is 18.2. The van der Waals surface area contributed by atoms with E-state index in [1.807, 2.05) is 69.0 Å². The number of carbonyl (C=O) groups excluding carboxylic acids is 2. The Kier molecular flexibility index (Phi) is 10.7. The summed E-state index contributed by atoms with van der Waals surface area (Å²) < 4.78 is 10.8. The van der Waals surface area contributed by atoms with Crippen molar-refractivity contribution in [1.29, 1.82) is 0 Å². The predicted octanol–water partition coefficient (Wildman–Crippen LogP) is 7.62. The number of benzene rings is 2. The second-order valence-corrected chi connectivity index (χ2v) is 16.7. The van der Waals surface area contributed by atoms with Gasteiger partial charge in [-0.05, 0) is 126 Å². The molecule has 4 aliphatic rings. The molecule has 0 N–H and O–H groups in total. The molecule has 9 heteroatoms. The summed E-state index contributed by atoms with van der Waals surface area (Å²) in [5.74, 6) is -0.266. The van der Waals surface area contributed by atoms with Crippen LogP contribution >= 0.6 is 11.6 Å². The lowest BCUT2D eigenvalue weighted by atomic mass is 9.69. The van der Waals surface area contributed by atoms with Crippen LogP contribution in [0.25, 0.3) is 5.57 Å². The van der Waals surface area contributed by atoms with Crippen molar-refractivity contribution in [2.24, 2.45) is 10.8 Å². The molecule has 266 valence electrons. The summed E-state index contributed by atoms with van der Waals surface area (Å²) >= 11 is 6.30. The van der Waals surface area contributed by atoms with E-state index in [0.29, 0.717) is 12.2 Å². The number of amides is 1. The van der Waals surface area contributed by atoms with E-state index >= 15 is 0 Å². The quantitative estimate of drug-likeness (QED) is 0.264.